The number of halogens is 1. The van der Waals surface area contributed by atoms with Crippen molar-refractivity contribution in [3.63, 3.8) is 0 Å². The Labute approximate surface area is 214 Å². The van der Waals surface area contributed by atoms with Crippen molar-refractivity contribution in [3.8, 4) is 17.0 Å². The highest BCUT2D eigenvalue weighted by atomic mass is 19.1. The molecule has 1 saturated carbocycles. The molecular weight excluding hydrogens is 477 g/mol. The number of amides is 2. The highest BCUT2D eigenvalue weighted by molar-refractivity contribution is 6.09. The number of aryl methyl sites for hydroxylation is 2. The van der Waals surface area contributed by atoms with E-state index in [0.29, 0.717) is 53.5 Å². The Morgan fingerprint density at radius 1 is 1.22 bits per heavy atom. The van der Waals surface area contributed by atoms with Crippen LogP contribution < -0.4 is 10.1 Å². The fraction of sp³-hybridized carbons (Fsp3) is 0.481. The van der Waals surface area contributed by atoms with Crippen LogP contribution in [0.4, 0.5) is 4.39 Å². The van der Waals surface area contributed by atoms with Crippen molar-refractivity contribution in [1.82, 2.24) is 25.2 Å². The van der Waals surface area contributed by atoms with Crippen molar-refractivity contribution in [1.29, 1.82) is 0 Å². The lowest BCUT2D eigenvalue weighted by atomic mass is 10.0. The number of benzene rings is 1. The molecule has 1 aromatic carbocycles. The van der Waals surface area contributed by atoms with E-state index in [9.17, 15) is 14.0 Å². The molecule has 0 radical (unpaired) electrons. The van der Waals surface area contributed by atoms with E-state index in [1.165, 1.54) is 31.2 Å². The first kappa shape index (κ1) is 25.1. The first-order valence-electron chi connectivity index (χ1n) is 12.6. The Morgan fingerprint density at radius 3 is 2.76 bits per heavy atom. The summed E-state index contributed by atoms with van der Waals surface area (Å²) in [5.74, 6) is 0.674. The zero-order valence-corrected chi connectivity index (χ0v) is 21.3. The molecule has 5 rings (SSSR count). The largest absolute Gasteiger partial charge is 0.493 e. The van der Waals surface area contributed by atoms with Crippen LogP contribution in [-0.2, 0) is 9.53 Å². The summed E-state index contributed by atoms with van der Waals surface area (Å²) in [5, 5.41) is 2.83. The molecule has 3 aromatic rings. The van der Waals surface area contributed by atoms with Crippen molar-refractivity contribution < 1.29 is 23.5 Å². The van der Waals surface area contributed by atoms with Gasteiger partial charge in [0.25, 0.3) is 5.91 Å². The Balaban J connectivity index is 1.40. The third-order valence-electron chi connectivity index (χ3n) is 7.04. The number of carbonyl (C=O) groups is 2. The van der Waals surface area contributed by atoms with Crippen molar-refractivity contribution in [2.24, 2.45) is 5.92 Å². The minimum Gasteiger partial charge on any atom is -0.493 e. The van der Waals surface area contributed by atoms with Gasteiger partial charge in [0.05, 0.1) is 30.3 Å². The lowest BCUT2D eigenvalue weighted by Gasteiger charge is -2.35. The molecule has 2 aromatic heterocycles. The van der Waals surface area contributed by atoms with E-state index in [-0.39, 0.29) is 19.1 Å². The van der Waals surface area contributed by atoms with Crippen molar-refractivity contribution in [2.75, 3.05) is 33.4 Å². The van der Waals surface area contributed by atoms with Crippen molar-refractivity contribution >= 4 is 22.8 Å². The molecular formula is C27H32FN5O4. The maximum atomic E-state index is 14.9. The van der Waals surface area contributed by atoms with Crippen LogP contribution in [-0.4, -0.2) is 77.3 Å². The molecule has 10 heteroatoms. The van der Waals surface area contributed by atoms with E-state index in [0.717, 1.165) is 16.9 Å². The summed E-state index contributed by atoms with van der Waals surface area (Å²) in [6.45, 7) is 4.65. The van der Waals surface area contributed by atoms with Crippen LogP contribution in [0.5, 0.6) is 5.75 Å². The van der Waals surface area contributed by atoms with Crippen LogP contribution in [0.3, 0.4) is 0 Å². The van der Waals surface area contributed by atoms with Crippen molar-refractivity contribution in [2.45, 2.75) is 45.3 Å². The molecule has 9 nitrogen and oxygen atoms in total. The summed E-state index contributed by atoms with van der Waals surface area (Å²) in [7, 11) is 1.43. The van der Waals surface area contributed by atoms with Gasteiger partial charge in [-0.05, 0) is 51.2 Å². The molecule has 2 amide bonds. The van der Waals surface area contributed by atoms with Gasteiger partial charge in [-0.2, -0.15) is 0 Å². The van der Waals surface area contributed by atoms with E-state index >= 15 is 0 Å². The molecule has 2 fully saturated rings. The Bertz CT molecular complexity index is 1320. The van der Waals surface area contributed by atoms with Crippen molar-refractivity contribution in [3.05, 3.63) is 41.3 Å². The van der Waals surface area contributed by atoms with Gasteiger partial charge in [-0.3, -0.25) is 9.59 Å². The summed E-state index contributed by atoms with van der Waals surface area (Å²) < 4.78 is 25.9. The fourth-order valence-electron chi connectivity index (χ4n) is 4.80. The Kier molecular flexibility index (Phi) is 7.10. The molecule has 1 aliphatic carbocycles. The number of nitrogens with zero attached hydrogens (tertiary/aromatic N) is 3. The lowest BCUT2D eigenvalue weighted by molar-refractivity contribution is -0.137. The number of carbonyl (C=O) groups excluding carboxylic acids is 2. The normalized spacial score (nSPS) is 19.7. The first-order valence-corrected chi connectivity index (χ1v) is 12.6. The van der Waals surface area contributed by atoms with Crippen LogP contribution in [0, 0.1) is 19.8 Å². The minimum atomic E-state index is -1.38. The van der Waals surface area contributed by atoms with Crippen LogP contribution in [0.25, 0.3) is 22.3 Å². The number of ether oxygens (including phenoxy) is 2. The molecule has 1 aliphatic heterocycles. The van der Waals surface area contributed by atoms with Crippen LogP contribution in [0.15, 0.2) is 24.5 Å². The third kappa shape index (κ3) is 5.29. The van der Waals surface area contributed by atoms with Gasteiger partial charge in [0.15, 0.2) is 0 Å². The lowest BCUT2D eigenvalue weighted by Crippen LogP contribution is -2.54. The maximum absolute atomic E-state index is 14.9. The molecule has 3 heterocycles. The van der Waals surface area contributed by atoms with E-state index < -0.39 is 18.1 Å². The second kappa shape index (κ2) is 10.5. The number of H-pyrrole nitrogens is 1. The van der Waals surface area contributed by atoms with E-state index in [1.54, 1.807) is 6.92 Å². The number of methoxy groups -OCH3 is 1. The highest BCUT2D eigenvalue weighted by Crippen LogP contribution is 2.37. The van der Waals surface area contributed by atoms with E-state index in [1.807, 2.05) is 25.1 Å². The first-order chi connectivity index (χ1) is 17.9. The molecule has 1 saturated heterocycles. The number of fused-ring (bicyclic) bond motifs is 1. The number of aromatic nitrogens is 3. The van der Waals surface area contributed by atoms with Gasteiger partial charge in [0.1, 0.15) is 36.1 Å². The molecule has 2 aliphatic rings. The maximum Gasteiger partial charge on any atom is 0.255 e. The number of rotatable bonds is 8. The van der Waals surface area contributed by atoms with Gasteiger partial charge in [-0.1, -0.05) is 11.6 Å². The number of aromatic amines is 1. The summed E-state index contributed by atoms with van der Waals surface area (Å²) in [5.41, 5.74) is 4.61. The zero-order valence-electron chi connectivity index (χ0n) is 21.3. The summed E-state index contributed by atoms with van der Waals surface area (Å²) in [4.78, 5) is 39.0. The molecule has 0 bridgehead atoms. The molecule has 196 valence electrons. The number of nitrogens with one attached hydrogen (secondary N) is 2. The summed E-state index contributed by atoms with van der Waals surface area (Å²) >= 11 is 0. The number of hydrogen-bond donors (Lipinski definition) is 2. The molecule has 37 heavy (non-hydrogen) atoms. The average Bonchev–Trinajstić information content (AvgIpc) is 3.64. The monoisotopic (exact) mass is 509 g/mol. The average molecular weight is 510 g/mol. The van der Waals surface area contributed by atoms with Crippen LogP contribution >= 0.6 is 0 Å². The molecule has 0 spiro atoms. The van der Waals surface area contributed by atoms with Gasteiger partial charge in [0.2, 0.25) is 5.91 Å². The molecule has 2 atom stereocenters. The van der Waals surface area contributed by atoms with Gasteiger partial charge < -0.3 is 24.7 Å². The summed E-state index contributed by atoms with van der Waals surface area (Å²) in [6, 6.07) is 5.27. The van der Waals surface area contributed by atoms with Gasteiger partial charge >= 0.3 is 0 Å². The number of hydrogen-bond acceptors (Lipinski definition) is 6. The fourth-order valence-corrected chi connectivity index (χ4v) is 4.80. The second-order valence-electron chi connectivity index (χ2n) is 9.98. The smallest absolute Gasteiger partial charge is 0.255 e. The quantitative estimate of drug-likeness (QED) is 0.482. The predicted octanol–water partition coefficient (Wildman–Crippen LogP) is 3.35. The van der Waals surface area contributed by atoms with E-state index in [4.69, 9.17) is 9.47 Å². The summed E-state index contributed by atoms with van der Waals surface area (Å²) in [6.07, 6.45) is 2.75. The van der Waals surface area contributed by atoms with Gasteiger partial charge in [-0.15, -0.1) is 0 Å². The van der Waals surface area contributed by atoms with Gasteiger partial charge in [0, 0.05) is 24.9 Å². The number of piperidine rings is 1. The highest BCUT2D eigenvalue weighted by Gasteiger charge is 2.33. The SMILES string of the molecule is COCC(=O)N1CC[C@H](NC(=O)c2c(C)[nH]c3c(-c4cc(C)ccc4OCC4CC4)ncnc23)[C@H](F)C1. The molecule has 0 unspecified atom stereocenters. The Hall–Kier alpha value is -3.53. The second-order valence-corrected chi connectivity index (χ2v) is 9.98. The van der Waals surface area contributed by atoms with E-state index in [2.05, 4.69) is 20.3 Å². The van der Waals surface area contributed by atoms with Crippen LogP contribution in [0.1, 0.15) is 40.9 Å². The standard InChI is InChI=1S/C27H32FN5O4/c1-15-4-7-21(37-12-17-5-6-17)18(10-15)24-26-25(30-14-29-24)23(16(2)31-26)27(35)32-20-8-9-33(11-19(20)28)22(34)13-36-3/h4,7,10,14,17,19-20,31H,5-6,8-9,11-13H2,1-3H3,(H,32,35)/t19-,20+/m1/s1. The minimum absolute atomic E-state index is 0.0800. The Morgan fingerprint density at radius 2 is 2.03 bits per heavy atom. The molecule has 2 N–H and O–H groups in total. The topological polar surface area (TPSA) is 109 Å². The third-order valence-corrected chi connectivity index (χ3v) is 7.04. The zero-order chi connectivity index (χ0) is 26.1. The number of alkyl halides is 1. The van der Waals surface area contributed by atoms with Crippen LogP contribution in [0.2, 0.25) is 0 Å². The van der Waals surface area contributed by atoms with Gasteiger partial charge in [-0.25, -0.2) is 14.4 Å². The number of likely N-dealkylation sites (tertiary alicyclic amines) is 1. The predicted molar refractivity (Wildman–Crippen MR) is 136 cm³/mol.